The van der Waals surface area contributed by atoms with Crippen molar-refractivity contribution in [2.45, 2.75) is 311 Å². The minimum atomic E-state index is -0.150. The largest absolute Gasteiger partial charge is 0.274 e. The minimum absolute atomic E-state index is 0.135. The molecule has 1 aromatic carbocycles. The van der Waals surface area contributed by atoms with Crippen LogP contribution in [0.4, 0.5) is 0 Å². The Hall–Kier alpha value is -4.93. The summed E-state index contributed by atoms with van der Waals surface area (Å²) in [4.78, 5) is 84.9. The van der Waals surface area contributed by atoms with E-state index in [4.69, 9.17) is 0 Å². The lowest BCUT2D eigenvalue weighted by molar-refractivity contribution is 0.0636. The lowest BCUT2D eigenvalue weighted by Crippen LogP contribution is -2.31. The normalized spacial score (nSPS) is 14.9. The van der Waals surface area contributed by atoms with Gasteiger partial charge in [0.05, 0.1) is 41.8 Å². The van der Waals surface area contributed by atoms with Gasteiger partial charge in [-0.05, 0) is 143 Å². The monoisotopic (exact) mass is 1820 g/mol. The Morgan fingerprint density at radius 2 is 0.700 bits per heavy atom. The van der Waals surface area contributed by atoms with E-state index in [1.165, 1.54) is 300 Å². The van der Waals surface area contributed by atoms with Crippen LogP contribution in [0.1, 0.15) is 355 Å². The number of carbonyl (C=O) groups excluding carboxylic acids is 4. The van der Waals surface area contributed by atoms with Crippen LogP contribution in [0.2, 0.25) is 0 Å². The third-order valence-corrected chi connectivity index (χ3v) is 40.1. The van der Waals surface area contributed by atoms with Gasteiger partial charge in [-0.3, -0.25) is 29.0 Å². The van der Waals surface area contributed by atoms with Crippen molar-refractivity contribution < 1.29 is 19.2 Å². The Kier molecular flexibility index (Phi) is 32.6. The summed E-state index contributed by atoms with van der Waals surface area (Å²) in [6.07, 6.45) is 50.6. The Morgan fingerprint density at radius 3 is 1.17 bits per heavy atom. The lowest BCUT2D eigenvalue weighted by Gasteiger charge is -2.16. The lowest BCUT2D eigenvalue weighted by atomic mass is 9.91. The van der Waals surface area contributed by atoms with Crippen LogP contribution in [-0.2, 0) is 12.8 Å². The number of imide groups is 2. The van der Waals surface area contributed by atoms with Gasteiger partial charge in [-0.2, -0.15) is 0 Å². The van der Waals surface area contributed by atoms with E-state index in [0.717, 1.165) is 88.9 Å². The first-order chi connectivity index (χ1) is 58.8. The van der Waals surface area contributed by atoms with Crippen molar-refractivity contribution in [3.8, 4) is 69.7 Å². The van der Waals surface area contributed by atoms with Gasteiger partial charge in [0.2, 0.25) is 0 Å². The molecule has 3 unspecified atom stereocenters. The fraction of sp³-hybridized carbons (Fsp3) is 0.510. The maximum atomic E-state index is 15.3. The molecule has 0 spiro atoms. The molecule has 0 saturated heterocycles. The van der Waals surface area contributed by atoms with Gasteiger partial charge in [0.1, 0.15) is 0 Å². The van der Waals surface area contributed by atoms with Crippen LogP contribution < -0.4 is 0 Å². The molecule has 0 aliphatic carbocycles. The highest BCUT2D eigenvalue weighted by atomic mass is 32.2. The molecular formula is C102H124N2O4S12. The maximum Gasteiger partial charge on any atom is 0.263 e. The average Bonchev–Trinajstić information content (AvgIpc) is 1.59. The number of thioether (sulfide) groups is 1. The minimum Gasteiger partial charge on any atom is -0.274 e. The number of amides is 4. The second-order valence-electron chi connectivity index (χ2n) is 34.4. The molecular weight excluding hydrogens is 1700 g/mol. The number of hydrogen-bond acceptors (Lipinski definition) is 16. The van der Waals surface area contributed by atoms with Gasteiger partial charge < -0.3 is 0 Å². The molecule has 0 bridgehead atoms. The Morgan fingerprint density at radius 1 is 0.317 bits per heavy atom. The number of aryl methyl sites for hydroxylation is 2. The number of benzene rings is 1. The van der Waals surface area contributed by atoms with Gasteiger partial charge in [0.15, 0.2) is 0 Å². The Balaban J connectivity index is 0.730. The van der Waals surface area contributed by atoms with Crippen molar-refractivity contribution in [1.82, 2.24) is 9.80 Å². The summed E-state index contributed by atoms with van der Waals surface area (Å²) in [5.41, 5.74) is 5.16. The number of hydrogen-bond donors (Lipinski definition) is 0. The fourth-order valence-corrected chi connectivity index (χ4v) is 33.2. The first-order valence-corrected chi connectivity index (χ1v) is 56.0. The quantitative estimate of drug-likeness (QED) is 0.0281. The number of carbonyl (C=O) groups is 4. The molecule has 0 saturated carbocycles. The van der Waals surface area contributed by atoms with Crippen LogP contribution >= 0.6 is 136 Å². The number of rotatable bonds is 51. The SMILES string of the molecule is CCCCCCCCC(CCCCCC)Cc1ccc(-c2c3cc(-c4ccc(-c5sc(C6=CCC(c7cc8sc(-c9ccc(-c%10sc(-c%11ccc(C)s%11)c%11c%10C(=O)N(CCCCCCCC)C%11=O)s9)cc8s7)S6)c6c5C(=O)N(CCCCCCCC)C6=O)s4)sc3c(-c3ccc(CC(CCCCCC)CCCCCCCC)s3)c3cc(C)sc23)s1. The summed E-state index contributed by atoms with van der Waals surface area (Å²) in [6.45, 7) is 19.1. The van der Waals surface area contributed by atoms with Crippen molar-refractivity contribution in [2.24, 2.45) is 11.8 Å². The average molecular weight is 1830 g/mol. The predicted molar refractivity (Wildman–Crippen MR) is 538 cm³/mol. The number of unbranched alkanes of at least 4 members (excludes halogenated alkanes) is 26. The molecule has 15 rings (SSSR count). The van der Waals surface area contributed by atoms with Gasteiger partial charge in [0.25, 0.3) is 23.6 Å². The van der Waals surface area contributed by atoms with E-state index in [-0.39, 0.29) is 28.9 Å². The molecule has 14 heterocycles. The zero-order valence-electron chi connectivity index (χ0n) is 72.3. The highest BCUT2D eigenvalue weighted by Crippen LogP contribution is 2.60. The first kappa shape index (κ1) is 89.9. The van der Waals surface area contributed by atoms with Crippen molar-refractivity contribution in [3.05, 3.63) is 143 Å². The van der Waals surface area contributed by atoms with Crippen molar-refractivity contribution in [2.75, 3.05) is 13.1 Å². The highest BCUT2D eigenvalue weighted by molar-refractivity contribution is 8.09. The highest BCUT2D eigenvalue weighted by Gasteiger charge is 2.45. The molecule has 6 nitrogen and oxygen atoms in total. The molecule has 4 amide bonds. The van der Waals surface area contributed by atoms with Gasteiger partial charge >= 0.3 is 0 Å². The topological polar surface area (TPSA) is 74.8 Å². The van der Waals surface area contributed by atoms with E-state index >= 15 is 9.59 Å². The molecule has 0 radical (unpaired) electrons. The van der Waals surface area contributed by atoms with E-state index in [9.17, 15) is 9.59 Å². The summed E-state index contributed by atoms with van der Waals surface area (Å²) in [5, 5.41) is 2.92. The molecule has 12 aromatic rings. The van der Waals surface area contributed by atoms with Gasteiger partial charge in [0, 0.05) is 132 Å². The Bertz CT molecular complexity index is 5320. The van der Waals surface area contributed by atoms with Crippen LogP contribution in [0.15, 0.2) is 91.0 Å². The van der Waals surface area contributed by atoms with Crippen LogP contribution in [0.3, 0.4) is 0 Å². The molecule has 11 aromatic heterocycles. The van der Waals surface area contributed by atoms with E-state index in [2.05, 4.69) is 169 Å². The van der Waals surface area contributed by atoms with Gasteiger partial charge in [-0.15, -0.1) is 136 Å². The molecule has 3 aliphatic heterocycles. The van der Waals surface area contributed by atoms with Crippen LogP contribution in [0.5, 0.6) is 0 Å². The molecule has 0 N–H and O–H groups in total. The number of nitrogens with zero attached hydrogens (tertiary/aromatic N) is 2. The van der Waals surface area contributed by atoms with Gasteiger partial charge in [-0.1, -0.05) is 266 Å². The van der Waals surface area contributed by atoms with Crippen LogP contribution in [0.25, 0.3) is 104 Å². The van der Waals surface area contributed by atoms with E-state index in [1.807, 2.05) is 57.1 Å². The third kappa shape index (κ3) is 20.8. The number of thiophene rings is 11. The number of allylic oxidation sites excluding steroid dienone is 1. The summed E-state index contributed by atoms with van der Waals surface area (Å²) >= 11 is 22.1. The van der Waals surface area contributed by atoms with Crippen LogP contribution in [0, 0.1) is 25.7 Å². The zero-order valence-corrected chi connectivity index (χ0v) is 82.1. The number of fused-ring (bicyclic) bond motifs is 5. The maximum absolute atomic E-state index is 15.3. The molecule has 0 fully saturated rings. The molecule has 18 heteroatoms. The molecule has 3 atom stereocenters. The van der Waals surface area contributed by atoms with E-state index in [1.54, 1.807) is 61.6 Å². The smallest absolute Gasteiger partial charge is 0.263 e. The second kappa shape index (κ2) is 43.5. The van der Waals surface area contributed by atoms with E-state index < -0.39 is 0 Å². The fourth-order valence-electron chi connectivity index (χ4n) is 18.4. The third-order valence-electron chi connectivity index (χ3n) is 25.0. The summed E-state index contributed by atoms with van der Waals surface area (Å²) < 4.78 is 5.29. The van der Waals surface area contributed by atoms with Crippen molar-refractivity contribution in [3.63, 3.8) is 0 Å². The molecule has 120 heavy (non-hydrogen) atoms. The van der Waals surface area contributed by atoms with E-state index in [0.29, 0.717) is 47.2 Å². The predicted octanol–water partition coefficient (Wildman–Crippen LogP) is 37.0. The van der Waals surface area contributed by atoms with Crippen LogP contribution in [-0.4, -0.2) is 46.5 Å². The zero-order chi connectivity index (χ0) is 83.2. The summed E-state index contributed by atoms with van der Waals surface area (Å²) in [7, 11) is 0. The summed E-state index contributed by atoms with van der Waals surface area (Å²) in [6, 6.07) is 32.9. The van der Waals surface area contributed by atoms with Crippen molar-refractivity contribution in [1.29, 1.82) is 0 Å². The second-order valence-corrected chi connectivity index (χ2v) is 48.0. The van der Waals surface area contributed by atoms with Gasteiger partial charge in [-0.25, -0.2) is 0 Å². The molecule has 638 valence electrons. The molecule has 3 aliphatic rings. The first-order valence-electron chi connectivity index (χ1n) is 46.2. The Labute approximate surface area is 764 Å². The summed E-state index contributed by atoms with van der Waals surface area (Å²) in [5.74, 6) is 0.864. The standard InChI is InChI=1S/C102H124N2O4S12/c1-9-15-21-27-31-37-43-67(41-35-25-19-13-5)60-69-46-49-76(111-69)87-71-59-66(8)110-93(71)88(77-50-47-70(112-77)61-68(42-36-26-20-14-6)44-38-32-28-22-16-10-2)72-62-82(118-94(72)87)73-51-54-79(113-73)97-91-92(102(108)104(101(91)107)58-40-34-30-24-18-12-4)98(120-97)81-56-53-75(115-81)84-64-86-85(117-84)63-83(116-86)74-52-55-80(114-74)96-90-89(95(119-96)78-48-45-65(7)109-78)99(105)103(100(90)106)57-39-33-29-23-17-11-3/h45-52,54-56,59,62-64,67-68,75H,9-44,53,57-58,60-61H2,1-8H3. The van der Waals surface area contributed by atoms with Crippen molar-refractivity contribution >= 4 is 195 Å².